The van der Waals surface area contributed by atoms with Gasteiger partial charge in [0.2, 0.25) is 0 Å². The fourth-order valence-electron chi connectivity index (χ4n) is 3.01. The lowest BCUT2D eigenvalue weighted by Gasteiger charge is -2.31. The Balaban J connectivity index is 2.24. The molecule has 2 rings (SSSR count). The predicted octanol–water partition coefficient (Wildman–Crippen LogP) is 2.98. The first kappa shape index (κ1) is 15.6. The van der Waals surface area contributed by atoms with Crippen LogP contribution in [0.3, 0.4) is 0 Å². The van der Waals surface area contributed by atoms with Gasteiger partial charge in [0, 0.05) is 41.9 Å². The number of halogens is 1. The van der Waals surface area contributed by atoms with Crippen LogP contribution in [-0.2, 0) is 6.54 Å². The highest BCUT2D eigenvalue weighted by molar-refractivity contribution is 6.31. The minimum absolute atomic E-state index is 0.601. The van der Waals surface area contributed by atoms with Crippen molar-refractivity contribution in [3.63, 3.8) is 0 Å². The van der Waals surface area contributed by atoms with Crippen LogP contribution in [-0.4, -0.2) is 44.7 Å². The summed E-state index contributed by atoms with van der Waals surface area (Å²) in [6, 6.07) is 6.88. The minimum Gasteiger partial charge on any atom is -0.367 e. The van der Waals surface area contributed by atoms with Gasteiger partial charge >= 0.3 is 0 Å². The highest BCUT2D eigenvalue weighted by Crippen LogP contribution is 2.32. The van der Waals surface area contributed by atoms with E-state index in [0.717, 1.165) is 31.2 Å². The molecule has 1 heterocycles. The monoisotopic (exact) mass is 295 g/mol. The van der Waals surface area contributed by atoms with Gasteiger partial charge in [-0.2, -0.15) is 0 Å². The number of nitrogens with one attached hydrogen (secondary N) is 1. The molecule has 112 valence electrons. The van der Waals surface area contributed by atoms with Gasteiger partial charge in [0.25, 0.3) is 0 Å². The van der Waals surface area contributed by atoms with Crippen molar-refractivity contribution < 1.29 is 0 Å². The Morgan fingerprint density at radius 1 is 1.40 bits per heavy atom. The number of nitrogens with zero attached hydrogens (tertiary/aromatic N) is 2. The number of anilines is 1. The third-order valence-corrected chi connectivity index (χ3v) is 4.26. The Labute approximate surface area is 127 Å². The number of hydrogen-bond donors (Lipinski definition) is 1. The van der Waals surface area contributed by atoms with Crippen LogP contribution in [0.15, 0.2) is 18.2 Å². The maximum absolute atomic E-state index is 6.42. The minimum atomic E-state index is 0.601. The third-order valence-electron chi connectivity index (χ3n) is 3.91. The topological polar surface area (TPSA) is 18.5 Å². The summed E-state index contributed by atoms with van der Waals surface area (Å²) >= 11 is 6.42. The molecule has 1 aromatic carbocycles. The molecule has 20 heavy (non-hydrogen) atoms. The maximum Gasteiger partial charge on any atom is 0.0471 e. The second kappa shape index (κ2) is 7.30. The summed E-state index contributed by atoms with van der Waals surface area (Å²) in [7, 11) is 4.29. The summed E-state index contributed by atoms with van der Waals surface area (Å²) in [6.45, 7) is 6.18. The van der Waals surface area contributed by atoms with Crippen LogP contribution >= 0.6 is 11.6 Å². The van der Waals surface area contributed by atoms with Gasteiger partial charge in [-0.15, -0.1) is 0 Å². The summed E-state index contributed by atoms with van der Waals surface area (Å²) in [4.78, 5) is 4.82. The lowest BCUT2D eigenvalue weighted by molar-refractivity contribution is 0.372. The molecule has 4 heteroatoms. The zero-order valence-corrected chi connectivity index (χ0v) is 13.6. The quantitative estimate of drug-likeness (QED) is 0.870. The van der Waals surface area contributed by atoms with E-state index in [1.165, 1.54) is 24.1 Å². The van der Waals surface area contributed by atoms with Crippen LogP contribution in [0.2, 0.25) is 5.02 Å². The molecule has 1 saturated heterocycles. The van der Waals surface area contributed by atoms with Gasteiger partial charge in [-0.25, -0.2) is 0 Å². The number of benzene rings is 1. The SMILES string of the molecule is CCNCc1c(Cl)cccc1N1CCCC1CN(C)C. The molecular formula is C16H26ClN3. The fourth-order valence-corrected chi connectivity index (χ4v) is 3.24. The Kier molecular flexibility index (Phi) is 5.70. The third kappa shape index (κ3) is 3.66. The van der Waals surface area contributed by atoms with Crippen molar-refractivity contribution >= 4 is 17.3 Å². The highest BCUT2D eigenvalue weighted by Gasteiger charge is 2.27. The Bertz CT molecular complexity index is 434. The summed E-state index contributed by atoms with van der Waals surface area (Å²) in [5.74, 6) is 0. The number of hydrogen-bond acceptors (Lipinski definition) is 3. The molecule has 0 spiro atoms. The van der Waals surface area contributed by atoms with Gasteiger partial charge < -0.3 is 15.1 Å². The average molecular weight is 296 g/mol. The predicted molar refractivity (Wildman–Crippen MR) is 87.8 cm³/mol. The van der Waals surface area contributed by atoms with E-state index < -0.39 is 0 Å². The van der Waals surface area contributed by atoms with E-state index in [0.29, 0.717) is 6.04 Å². The smallest absolute Gasteiger partial charge is 0.0471 e. The zero-order chi connectivity index (χ0) is 14.5. The Morgan fingerprint density at radius 2 is 2.20 bits per heavy atom. The second-order valence-electron chi connectivity index (χ2n) is 5.77. The van der Waals surface area contributed by atoms with Crippen molar-refractivity contribution in [2.24, 2.45) is 0 Å². The van der Waals surface area contributed by atoms with Crippen LogP contribution in [0.1, 0.15) is 25.3 Å². The van der Waals surface area contributed by atoms with E-state index in [1.54, 1.807) is 0 Å². The molecule has 0 saturated carbocycles. The van der Waals surface area contributed by atoms with Gasteiger partial charge in [-0.3, -0.25) is 0 Å². The van der Waals surface area contributed by atoms with Crippen molar-refractivity contribution in [1.29, 1.82) is 0 Å². The Morgan fingerprint density at radius 3 is 2.90 bits per heavy atom. The largest absolute Gasteiger partial charge is 0.367 e. The Hall–Kier alpha value is -0.770. The van der Waals surface area contributed by atoms with Crippen LogP contribution in [0.4, 0.5) is 5.69 Å². The van der Waals surface area contributed by atoms with Crippen LogP contribution in [0, 0.1) is 0 Å². The maximum atomic E-state index is 6.42. The van der Waals surface area contributed by atoms with E-state index in [2.05, 4.69) is 48.3 Å². The molecule has 0 radical (unpaired) electrons. The molecule has 3 nitrogen and oxygen atoms in total. The molecule has 1 N–H and O–H groups in total. The molecule has 0 aliphatic carbocycles. The lowest BCUT2D eigenvalue weighted by Crippen LogP contribution is -2.38. The molecule has 1 aromatic rings. The van der Waals surface area contributed by atoms with Crippen molar-refractivity contribution in [2.75, 3.05) is 38.6 Å². The molecule has 1 atom stereocenters. The molecule has 1 fully saturated rings. The van der Waals surface area contributed by atoms with Crippen molar-refractivity contribution in [3.8, 4) is 0 Å². The normalized spacial score (nSPS) is 19.1. The molecule has 0 aromatic heterocycles. The fraction of sp³-hybridized carbons (Fsp3) is 0.625. The van der Waals surface area contributed by atoms with Crippen LogP contribution in [0.25, 0.3) is 0 Å². The van der Waals surface area contributed by atoms with Gasteiger partial charge in [-0.05, 0) is 45.6 Å². The molecule has 1 aliphatic rings. The van der Waals surface area contributed by atoms with E-state index >= 15 is 0 Å². The van der Waals surface area contributed by atoms with E-state index in [9.17, 15) is 0 Å². The number of likely N-dealkylation sites (N-methyl/N-ethyl adjacent to an activating group) is 1. The molecular weight excluding hydrogens is 270 g/mol. The standard InChI is InChI=1S/C16H26ClN3/c1-4-18-11-14-15(17)8-5-9-16(14)20-10-6-7-13(20)12-19(2)3/h5,8-9,13,18H,4,6-7,10-12H2,1-3H3. The van der Waals surface area contributed by atoms with Gasteiger partial charge in [0.1, 0.15) is 0 Å². The van der Waals surface area contributed by atoms with Crippen LogP contribution < -0.4 is 10.2 Å². The van der Waals surface area contributed by atoms with Crippen LogP contribution in [0.5, 0.6) is 0 Å². The molecule has 0 amide bonds. The van der Waals surface area contributed by atoms with E-state index in [4.69, 9.17) is 11.6 Å². The van der Waals surface area contributed by atoms with Crippen molar-refractivity contribution in [3.05, 3.63) is 28.8 Å². The van der Waals surface area contributed by atoms with Gasteiger partial charge in [-0.1, -0.05) is 24.6 Å². The van der Waals surface area contributed by atoms with Gasteiger partial charge in [0.05, 0.1) is 0 Å². The van der Waals surface area contributed by atoms with Gasteiger partial charge in [0.15, 0.2) is 0 Å². The lowest BCUT2D eigenvalue weighted by atomic mass is 10.1. The van der Waals surface area contributed by atoms with E-state index in [1.807, 2.05) is 6.07 Å². The molecule has 1 aliphatic heterocycles. The number of rotatable bonds is 6. The van der Waals surface area contributed by atoms with Crippen molar-refractivity contribution in [1.82, 2.24) is 10.2 Å². The molecule has 1 unspecified atom stereocenters. The van der Waals surface area contributed by atoms with Crippen molar-refractivity contribution in [2.45, 2.75) is 32.4 Å². The van der Waals surface area contributed by atoms with E-state index in [-0.39, 0.29) is 0 Å². The summed E-state index contributed by atoms with van der Waals surface area (Å²) in [5.41, 5.74) is 2.55. The summed E-state index contributed by atoms with van der Waals surface area (Å²) < 4.78 is 0. The second-order valence-corrected chi connectivity index (χ2v) is 6.18. The highest BCUT2D eigenvalue weighted by atomic mass is 35.5. The average Bonchev–Trinajstić information content (AvgIpc) is 2.84. The zero-order valence-electron chi connectivity index (χ0n) is 12.8. The first-order chi connectivity index (χ1) is 9.63. The summed E-state index contributed by atoms with van der Waals surface area (Å²) in [6.07, 6.45) is 2.54. The molecule has 0 bridgehead atoms. The summed E-state index contributed by atoms with van der Waals surface area (Å²) in [5, 5.41) is 4.28. The first-order valence-electron chi connectivity index (χ1n) is 7.53. The first-order valence-corrected chi connectivity index (χ1v) is 7.90.